The Kier molecular flexibility index (Phi) is 5.58. The fourth-order valence-corrected chi connectivity index (χ4v) is 2.57. The fourth-order valence-electron chi connectivity index (χ4n) is 2.57. The van der Waals surface area contributed by atoms with Crippen molar-refractivity contribution in [2.45, 2.75) is 19.1 Å². The van der Waals surface area contributed by atoms with Crippen molar-refractivity contribution in [2.75, 3.05) is 5.32 Å². The van der Waals surface area contributed by atoms with Gasteiger partial charge in [0.15, 0.2) is 0 Å². The molecule has 0 aliphatic rings. The maximum atomic E-state index is 12.8. The van der Waals surface area contributed by atoms with Crippen molar-refractivity contribution in [3.63, 3.8) is 0 Å². The molecule has 0 bridgehead atoms. The average molecular weight is 386 g/mol. The number of alkyl halides is 3. The number of benzene rings is 2. The van der Waals surface area contributed by atoms with Gasteiger partial charge in [0, 0.05) is 11.8 Å². The normalized spacial score (nSPS) is 12.3. The van der Waals surface area contributed by atoms with Gasteiger partial charge in [0.05, 0.1) is 11.6 Å². The molecule has 0 aliphatic heterocycles. The van der Waals surface area contributed by atoms with Crippen molar-refractivity contribution in [1.82, 2.24) is 15.3 Å². The molecule has 0 spiro atoms. The van der Waals surface area contributed by atoms with E-state index >= 15 is 0 Å². The molecule has 1 unspecified atom stereocenters. The second-order valence-electron chi connectivity index (χ2n) is 6.10. The number of halogens is 3. The predicted octanol–water partition coefficient (Wildman–Crippen LogP) is 4.73. The molecule has 0 saturated heterocycles. The molecule has 8 heteroatoms. The summed E-state index contributed by atoms with van der Waals surface area (Å²) in [6, 6.07) is 15.3. The van der Waals surface area contributed by atoms with E-state index in [1.54, 1.807) is 0 Å². The summed E-state index contributed by atoms with van der Waals surface area (Å²) < 4.78 is 38.5. The van der Waals surface area contributed by atoms with Gasteiger partial charge < -0.3 is 10.6 Å². The smallest absolute Gasteiger partial charge is 0.344 e. The summed E-state index contributed by atoms with van der Waals surface area (Å²) in [4.78, 5) is 20.3. The van der Waals surface area contributed by atoms with E-state index in [2.05, 4.69) is 20.6 Å². The van der Waals surface area contributed by atoms with E-state index in [0.29, 0.717) is 0 Å². The van der Waals surface area contributed by atoms with E-state index in [1.807, 2.05) is 37.3 Å². The number of carbonyl (C=O) groups excluding carboxylic acids is 1. The summed E-state index contributed by atoms with van der Waals surface area (Å²) in [5.74, 6) is -0.197. The molecule has 2 aromatic carbocycles. The zero-order valence-corrected chi connectivity index (χ0v) is 14.9. The maximum absolute atomic E-state index is 12.8. The SMILES string of the molecule is CC(NC(=O)c1cc(Nc2cccc(C(F)(F)F)c2)ncn1)c1ccccc1. The lowest BCUT2D eigenvalue weighted by Gasteiger charge is -2.14. The van der Waals surface area contributed by atoms with Gasteiger partial charge in [0.1, 0.15) is 17.8 Å². The number of rotatable bonds is 5. The molecule has 144 valence electrons. The molecular formula is C20H17F3N4O. The third-order valence-electron chi connectivity index (χ3n) is 4.01. The van der Waals surface area contributed by atoms with Crippen LogP contribution in [0.25, 0.3) is 0 Å². The Bertz CT molecular complexity index is 961. The second kappa shape index (κ2) is 8.08. The highest BCUT2D eigenvalue weighted by Gasteiger charge is 2.30. The molecule has 0 fully saturated rings. The van der Waals surface area contributed by atoms with Gasteiger partial charge in [-0.05, 0) is 30.7 Å². The van der Waals surface area contributed by atoms with Crippen molar-refractivity contribution >= 4 is 17.4 Å². The molecule has 1 aromatic heterocycles. The van der Waals surface area contributed by atoms with E-state index in [0.717, 1.165) is 17.7 Å². The molecule has 0 saturated carbocycles. The number of hydrogen-bond acceptors (Lipinski definition) is 4. The third kappa shape index (κ3) is 4.85. The molecule has 3 aromatic rings. The van der Waals surface area contributed by atoms with Gasteiger partial charge >= 0.3 is 6.18 Å². The minimum absolute atomic E-state index is 0.104. The van der Waals surface area contributed by atoms with Crippen molar-refractivity contribution in [3.8, 4) is 0 Å². The Morgan fingerprint density at radius 3 is 2.46 bits per heavy atom. The van der Waals surface area contributed by atoms with E-state index < -0.39 is 17.6 Å². The van der Waals surface area contributed by atoms with Gasteiger partial charge in [-0.2, -0.15) is 13.2 Å². The molecule has 0 radical (unpaired) electrons. The summed E-state index contributed by atoms with van der Waals surface area (Å²) in [6.07, 6.45) is -3.26. The number of hydrogen-bond donors (Lipinski definition) is 2. The minimum Gasteiger partial charge on any atom is -0.344 e. The molecule has 1 amide bonds. The Labute approximate surface area is 159 Å². The predicted molar refractivity (Wildman–Crippen MR) is 99.1 cm³/mol. The van der Waals surface area contributed by atoms with E-state index in [1.165, 1.54) is 24.5 Å². The first kappa shape index (κ1) is 19.3. The van der Waals surface area contributed by atoms with Gasteiger partial charge in [-0.25, -0.2) is 9.97 Å². The van der Waals surface area contributed by atoms with Gasteiger partial charge in [0.25, 0.3) is 5.91 Å². The van der Waals surface area contributed by atoms with Crippen LogP contribution in [-0.4, -0.2) is 15.9 Å². The molecular weight excluding hydrogens is 369 g/mol. The van der Waals surface area contributed by atoms with Crippen LogP contribution in [0.15, 0.2) is 67.0 Å². The lowest BCUT2D eigenvalue weighted by molar-refractivity contribution is -0.137. The highest BCUT2D eigenvalue weighted by molar-refractivity contribution is 5.93. The van der Waals surface area contributed by atoms with Crippen LogP contribution >= 0.6 is 0 Å². The van der Waals surface area contributed by atoms with Gasteiger partial charge in [0.2, 0.25) is 0 Å². The van der Waals surface area contributed by atoms with Crippen LogP contribution in [0.2, 0.25) is 0 Å². The standard InChI is InChI=1S/C20H17F3N4O/c1-13(14-6-3-2-4-7-14)26-19(28)17-11-18(25-12-24-17)27-16-9-5-8-15(10-16)20(21,22)23/h2-13H,1H3,(H,26,28)(H,24,25,27). The van der Waals surface area contributed by atoms with Crippen LogP contribution in [-0.2, 0) is 6.18 Å². The van der Waals surface area contributed by atoms with Crippen molar-refractivity contribution in [3.05, 3.63) is 83.8 Å². The summed E-state index contributed by atoms with van der Waals surface area (Å²) in [7, 11) is 0. The Morgan fingerprint density at radius 2 is 1.75 bits per heavy atom. The van der Waals surface area contributed by atoms with Crippen LogP contribution in [0.1, 0.15) is 34.6 Å². The number of nitrogens with one attached hydrogen (secondary N) is 2. The van der Waals surface area contributed by atoms with E-state index in [9.17, 15) is 18.0 Å². The largest absolute Gasteiger partial charge is 0.416 e. The topological polar surface area (TPSA) is 66.9 Å². The highest BCUT2D eigenvalue weighted by Crippen LogP contribution is 2.31. The number of amides is 1. The van der Waals surface area contributed by atoms with Crippen LogP contribution in [0.3, 0.4) is 0 Å². The lowest BCUT2D eigenvalue weighted by atomic mass is 10.1. The molecule has 3 rings (SSSR count). The quantitative estimate of drug-likeness (QED) is 0.665. The number of anilines is 2. The van der Waals surface area contributed by atoms with Gasteiger partial charge in [-0.15, -0.1) is 0 Å². The van der Waals surface area contributed by atoms with Crippen LogP contribution < -0.4 is 10.6 Å². The summed E-state index contributed by atoms with van der Waals surface area (Å²) in [5.41, 5.74) is 0.471. The summed E-state index contributed by atoms with van der Waals surface area (Å²) >= 11 is 0. The van der Waals surface area contributed by atoms with Crippen molar-refractivity contribution in [2.24, 2.45) is 0 Å². The first-order valence-electron chi connectivity index (χ1n) is 8.45. The molecule has 0 aliphatic carbocycles. The number of nitrogens with zero attached hydrogens (tertiary/aromatic N) is 2. The summed E-state index contributed by atoms with van der Waals surface area (Å²) in [5, 5.41) is 5.59. The average Bonchev–Trinajstić information content (AvgIpc) is 2.68. The maximum Gasteiger partial charge on any atom is 0.416 e. The van der Waals surface area contributed by atoms with Crippen LogP contribution in [0, 0.1) is 0 Å². The Morgan fingerprint density at radius 1 is 1.00 bits per heavy atom. The number of carbonyl (C=O) groups is 1. The number of aromatic nitrogens is 2. The third-order valence-corrected chi connectivity index (χ3v) is 4.01. The van der Waals surface area contributed by atoms with Crippen molar-refractivity contribution in [1.29, 1.82) is 0 Å². The second-order valence-corrected chi connectivity index (χ2v) is 6.10. The van der Waals surface area contributed by atoms with Crippen molar-refractivity contribution < 1.29 is 18.0 Å². The molecule has 1 atom stereocenters. The first-order valence-corrected chi connectivity index (χ1v) is 8.45. The minimum atomic E-state index is -4.44. The zero-order chi connectivity index (χ0) is 20.1. The van der Waals surface area contributed by atoms with Gasteiger partial charge in [-0.3, -0.25) is 4.79 Å². The summed E-state index contributed by atoms with van der Waals surface area (Å²) in [6.45, 7) is 1.84. The van der Waals surface area contributed by atoms with Crippen LogP contribution in [0.4, 0.5) is 24.7 Å². The molecule has 2 N–H and O–H groups in total. The molecule has 5 nitrogen and oxygen atoms in total. The molecule has 28 heavy (non-hydrogen) atoms. The Hall–Kier alpha value is -3.42. The first-order chi connectivity index (χ1) is 13.3. The van der Waals surface area contributed by atoms with E-state index in [4.69, 9.17) is 0 Å². The zero-order valence-electron chi connectivity index (χ0n) is 14.9. The monoisotopic (exact) mass is 386 g/mol. The van der Waals surface area contributed by atoms with Gasteiger partial charge in [-0.1, -0.05) is 36.4 Å². The Balaban J connectivity index is 1.73. The van der Waals surface area contributed by atoms with Crippen LogP contribution in [0.5, 0.6) is 0 Å². The fraction of sp³-hybridized carbons (Fsp3) is 0.150. The lowest BCUT2D eigenvalue weighted by Crippen LogP contribution is -2.27. The highest BCUT2D eigenvalue weighted by atomic mass is 19.4. The van der Waals surface area contributed by atoms with E-state index in [-0.39, 0.29) is 23.2 Å². The molecule has 1 heterocycles.